The van der Waals surface area contributed by atoms with Gasteiger partial charge in [-0.05, 0) is 30.9 Å². The molecule has 1 saturated carbocycles. The monoisotopic (exact) mass is 276 g/mol. The lowest BCUT2D eigenvalue weighted by Crippen LogP contribution is -2.40. The molecule has 0 bridgehead atoms. The molecule has 3 rings (SSSR count). The molecule has 1 aliphatic carbocycles. The molecule has 1 N–H and O–H groups in total. The minimum Gasteiger partial charge on any atom is -0.324 e. The second kappa shape index (κ2) is 5.41. The Morgan fingerprint density at radius 3 is 2.33 bits per heavy atom. The molecule has 0 saturated heterocycles. The maximum absolute atomic E-state index is 12.4. The van der Waals surface area contributed by atoms with Crippen molar-refractivity contribution in [1.29, 1.82) is 5.26 Å². The van der Waals surface area contributed by atoms with E-state index in [2.05, 4.69) is 11.4 Å². The molecule has 0 heterocycles. The second-order valence-electron chi connectivity index (χ2n) is 5.41. The van der Waals surface area contributed by atoms with Gasteiger partial charge in [0.1, 0.15) is 5.41 Å². The highest BCUT2D eigenvalue weighted by molar-refractivity contribution is 6.00. The van der Waals surface area contributed by atoms with E-state index in [0.29, 0.717) is 12.8 Å². The van der Waals surface area contributed by atoms with E-state index in [1.54, 1.807) is 0 Å². The lowest BCUT2D eigenvalue weighted by atomic mass is 9.69. The Kier molecular flexibility index (Phi) is 3.45. The zero-order chi connectivity index (χ0) is 14.7. The highest BCUT2D eigenvalue weighted by Crippen LogP contribution is 2.41. The lowest BCUT2D eigenvalue weighted by Gasteiger charge is -2.33. The van der Waals surface area contributed by atoms with Crippen molar-refractivity contribution in [3.63, 3.8) is 0 Å². The Hall–Kier alpha value is -2.60. The summed E-state index contributed by atoms with van der Waals surface area (Å²) in [6, 6.07) is 19.8. The van der Waals surface area contributed by atoms with Gasteiger partial charge in [-0.3, -0.25) is 4.79 Å². The van der Waals surface area contributed by atoms with Gasteiger partial charge in [-0.2, -0.15) is 5.26 Å². The number of nitrogens with zero attached hydrogens (tertiary/aromatic N) is 1. The predicted molar refractivity (Wildman–Crippen MR) is 82.4 cm³/mol. The molecule has 0 atom stereocenters. The van der Waals surface area contributed by atoms with E-state index in [9.17, 15) is 10.1 Å². The molecule has 2 aromatic carbocycles. The van der Waals surface area contributed by atoms with E-state index in [1.165, 1.54) is 0 Å². The van der Waals surface area contributed by atoms with Gasteiger partial charge in [0.05, 0.1) is 6.07 Å². The summed E-state index contributed by atoms with van der Waals surface area (Å²) >= 11 is 0. The number of amides is 1. The minimum atomic E-state index is -0.830. The SMILES string of the molecule is N#CC1(C(=O)Nc2ccccc2-c2ccccc2)CCC1. The molecule has 0 aromatic heterocycles. The van der Waals surface area contributed by atoms with Crippen molar-refractivity contribution in [3.05, 3.63) is 54.6 Å². The van der Waals surface area contributed by atoms with Crippen LogP contribution in [0.4, 0.5) is 5.69 Å². The van der Waals surface area contributed by atoms with Crippen molar-refractivity contribution in [3.8, 4) is 17.2 Å². The first-order chi connectivity index (χ1) is 10.2. The van der Waals surface area contributed by atoms with Gasteiger partial charge < -0.3 is 5.32 Å². The Morgan fingerprint density at radius 2 is 1.71 bits per heavy atom. The fraction of sp³-hybridized carbons (Fsp3) is 0.222. The number of nitrogens with one attached hydrogen (secondary N) is 1. The summed E-state index contributed by atoms with van der Waals surface area (Å²) < 4.78 is 0. The summed E-state index contributed by atoms with van der Waals surface area (Å²) in [5.41, 5.74) is 1.95. The molecule has 3 heteroatoms. The van der Waals surface area contributed by atoms with Crippen molar-refractivity contribution in [2.75, 3.05) is 5.32 Å². The van der Waals surface area contributed by atoms with Gasteiger partial charge in [-0.1, -0.05) is 48.5 Å². The summed E-state index contributed by atoms with van der Waals surface area (Å²) in [6.45, 7) is 0. The molecule has 0 unspecified atom stereocenters. The number of para-hydroxylation sites is 1. The van der Waals surface area contributed by atoms with Crippen LogP contribution in [0.1, 0.15) is 19.3 Å². The van der Waals surface area contributed by atoms with Crippen LogP contribution in [0.3, 0.4) is 0 Å². The molecule has 0 aliphatic heterocycles. The summed E-state index contributed by atoms with van der Waals surface area (Å²) in [7, 11) is 0. The molecule has 0 spiro atoms. The molecule has 21 heavy (non-hydrogen) atoms. The molecule has 1 aliphatic rings. The van der Waals surface area contributed by atoms with E-state index in [1.807, 2.05) is 54.6 Å². The van der Waals surface area contributed by atoms with Crippen LogP contribution in [0.5, 0.6) is 0 Å². The Labute approximate surface area is 124 Å². The first-order valence-corrected chi connectivity index (χ1v) is 7.12. The molecule has 1 amide bonds. The highest BCUT2D eigenvalue weighted by atomic mass is 16.2. The van der Waals surface area contributed by atoms with E-state index in [-0.39, 0.29) is 5.91 Å². The fourth-order valence-corrected chi connectivity index (χ4v) is 2.62. The number of anilines is 1. The highest BCUT2D eigenvalue weighted by Gasteiger charge is 2.44. The maximum Gasteiger partial charge on any atom is 0.244 e. The predicted octanol–water partition coefficient (Wildman–Crippen LogP) is 3.99. The molecular formula is C18H16N2O. The number of carbonyl (C=O) groups is 1. The van der Waals surface area contributed by atoms with Gasteiger partial charge in [0.15, 0.2) is 0 Å². The fourth-order valence-electron chi connectivity index (χ4n) is 2.62. The first kappa shape index (κ1) is 13.4. The smallest absolute Gasteiger partial charge is 0.244 e. The van der Waals surface area contributed by atoms with Crippen LogP contribution in [0.15, 0.2) is 54.6 Å². The van der Waals surface area contributed by atoms with Crippen LogP contribution >= 0.6 is 0 Å². The van der Waals surface area contributed by atoms with E-state index in [0.717, 1.165) is 23.2 Å². The third-order valence-electron chi connectivity index (χ3n) is 4.12. The second-order valence-corrected chi connectivity index (χ2v) is 5.41. The van der Waals surface area contributed by atoms with Crippen molar-refractivity contribution in [1.82, 2.24) is 0 Å². The summed E-state index contributed by atoms with van der Waals surface area (Å²) in [4.78, 5) is 12.4. The van der Waals surface area contributed by atoms with Crippen LogP contribution in [0.2, 0.25) is 0 Å². The zero-order valence-electron chi connectivity index (χ0n) is 11.7. The topological polar surface area (TPSA) is 52.9 Å². The largest absolute Gasteiger partial charge is 0.324 e. The number of hydrogen-bond donors (Lipinski definition) is 1. The van der Waals surface area contributed by atoms with Gasteiger partial charge >= 0.3 is 0 Å². The molecule has 1 fully saturated rings. The number of benzene rings is 2. The normalized spacial score (nSPS) is 15.6. The number of hydrogen-bond acceptors (Lipinski definition) is 2. The van der Waals surface area contributed by atoms with Crippen LogP contribution in [-0.4, -0.2) is 5.91 Å². The molecule has 0 radical (unpaired) electrons. The molecule has 2 aromatic rings. The van der Waals surface area contributed by atoms with Crippen LogP contribution in [0, 0.1) is 16.7 Å². The third kappa shape index (κ3) is 2.41. The van der Waals surface area contributed by atoms with Gasteiger partial charge in [0.2, 0.25) is 5.91 Å². The average Bonchev–Trinajstić information content (AvgIpc) is 2.48. The number of nitriles is 1. The van der Waals surface area contributed by atoms with Crippen molar-refractivity contribution < 1.29 is 4.79 Å². The van der Waals surface area contributed by atoms with Crippen molar-refractivity contribution in [2.24, 2.45) is 5.41 Å². The standard InChI is InChI=1S/C18H16N2O/c19-13-18(11-6-12-18)17(21)20-16-10-5-4-9-15(16)14-7-2-1-3-8-14/h1-5,7-10H,6,11-12H2,(H,20,21). The average molecular weight is 276 g/mol. The maximum atomic E-state index is 12.4. The number of rotatable bonds is 3. The Morgan fingerprint density at radius 1 is 1.05 bits per heavy atom. The van der Waals surface area contributed by atoms with E-state index >= 15 is 0 Å². The minimum absolute atomic E-state index is 0.181. The summed E-state index contributed by atoms with van der Waals surface area (Å²) in [5, 5.41) is 12.2. The quantitative estimate of drug-likeness (QED) is 0.921. The van der Waals surface area contributed by atoms with E-state index < -0.39 is 5.41 Å². The van der Waals surface area contributed by atoms with Gasteiger partial charge in [-0.25, -0.2) is 0 Å². The molecule has 104 valence electrons. The van der Waals surface area contributed by atoms with Gasteiger partial charge in [-0.15, -0.1) is 0 Å². The number of carbonyl (C=O) groups excluding carboxylic acids is 1. The lowest BCUT2D eigenvalue weighted by molar-refractivity contribution is -0.126. The van der Waals surface area contributed by atoms with Crippen LogP contribution < -0.4 is 5.32 Å². The van der Waals surface area contributed by atoms with E-state index in [4.69, 9.17) is 0 Å². The van der Waals surface area contributed by atoms with Gasteiger partial charge in [0, 0.05) is 11.3 Å². The first-order valence-electron chi connectivity index (χ1n) is 7.12. The van der Waals surface area contributed by atoms with Crippen molar-refractivity contribution >= 4 is 11.6 Å². The van der Waals surface area contributed by atoms with Gasteiger partial charge in [0.25, 0.3) is 0 Å². The summed E-state index contributed by atoms with van der Waals surface area (Å²) in [6.07, 6.45) is 2.26. The third-order valence-corrected chi connectivity index (χ3v) is 4.12. The molecular weight excluding hydrogens is 260 g/mol. The molecule has 3 nitrogen and oxygen atoms in total. The van der Waals surface area contributed by atoms with Crippen LogP contribution in [-0.2, 0) is 4.79 Å². The van der Waals surface area contributed by atoms with Crippen LogP contribution in [0.25, 0.3) is 11.1 Å². The Balaban J connectivity index is 1.90. The van der Waals surface area contributed by atoms with Crippen molar-refractivity contribution in [2.45, 2.75) is 19.3 Å². The zero-order valence-corrected chi connectivity index (χ0v) is 11.7. The summed E-state index contributed by atoms with van der Waals surface area (Å²) in [5.74, 6) is -0.181. The Bertz CT molecular complexity index is 697.